The highest BCUT2D eigenvalue weighted by Gasteiger charge is 2.40. The molecule has 22 heavy (non-hydrogen) atoms. The summed E-state index contributed by atoms with van der Waals surface area (Å²) in [4.78, 5) is 1.15. The summed E-state index contributed by atoms with van der Waals surface area (Å²) < 4.78 is 0. The SMILES string of the molecule is CC1(C)c2cc(O)ccc2C[C@@H](Sc2cccc(N)c2)[C@@H]1N. The molecule has 116 valence electrons. The van der Waals surface area contributed by atoms with Gasteiger partial charge in [-0.05, 0) is 47.9 Å². The van der Waals surface area contributed by atoms with Gasteiger partial charge in [-0.3, -0.25) is 0 Å². The molecular formula is C18H22N2OS. The van der Waals surface area contributed by atoms with Crippen molar-refractivity contribution in [1.29, 1.82) is 0 Å². The molecule has 0 fully saturated rings. The fraction of sp³-hybridized carbons (Fsp3) is 0.333. The second kappa shape index (κ2) is 5.52. The lowest BCUT2D eigenvalue weighted by Crippen LogP contribution is -2.52. The van der Waals surface area contributed by atoms with Gasteiger partial charge in [0.25, 0.3) is 0 Å². The predicted octanol–water partition coefficient (Wildman–Crippen LogP) is 3.30. The largest absolute Gasteiger partial charge is 0.508 e. The van der Waals surface area contributed by atoms with Gasteiger partial charge in [0.15, 0.2) is 0 Å². The van der Waals surface area contributed by atoms with Gasteiger partial charge in [-0.25, -0.2) is 0 Å². The maximum atomic E-state index is 9.78. The average molecular weight is 314 g/mol. The Bertz CT molecular complexity index is 699. The van der Waals surface area contributed by atoms with Crippen LogP contribution in [0.5, 0.6) is 5.75 Å². The normalized spacial score (nSPS) is 23.0. The number of nitrogen functional groups attached to an aromatic ring is 1. The van der Waals surface area contributed by atoms with Crippen molar-refractivity contribution in [3.63, 3.8) is 0 Å². The van der Waals surface area contributed by atoms with Crippen molar-refractivity contribution in [1.82, 2.24) is 0 Å². The summed E-state index contributed by atoms with van der Waals surface area (Å²) in [5.74, 6) is 0.306. The van der Waals surface area contributed by atoms with Crippen molar-refractivity contribution < 1.29 is 5.11 Å². The number of hydrogen-bond donors (Lipinski definition) is 3. The van der Waals surface area contributed by atoms with Crippen LogP contribution in [0.2, 0.25) is 0 Å². The number of rotatable bonds is 2. The molecule has 0 amide bonds. The summed E-state index contributed by atoms with van der Waals surface area (Å²) in [5, 5.41) is 10.1. The van der Waals surface area contributed by atoms with E-state index in [4.69, 9.17) is 11.5 Å². The maximum absolute atomic E-state index is 9.78. The van der Waals surface area contributed by atoms with Crippen molar-refractivity contribution in [2.45, 2.75) is 41.9 Å². The molecule has 1 aliphatic rings. The summed E-state index contributed by atoms with van der Waals surface area (Å²) in [7, 11) is 0. The summed E-state index contributed by atoms with van der Waals surface area (Å²) in [6, 6.07) is 13.6. The molecule has 2 atom stereocenters. The molecule has 0 heterocycles. The van der Waals surface area contributed by atoms with Crippen LogP contribution in [0.25, 0.3) is 0 Å². The van der Waals surface area contributed by atoms with Crippen LogP contribution < -0.4 is 11.5 Å². The predicted molar refractivity (Wildman–Crippen MR) is 93.3 cm³/mol. The number of fused-ring (bicyclic) bond motifs is 1. The minimum Gasteiger partial charge on any atom is -0.508 e. The van der Waals surface area contributed by atoms with E-state index in [1.165, 1.54) is 5.56 Å². The summed E-state index contributed by atoms with van der Waals surface area (Å²) >= 11 is 1.79. The van der Waals surface area contributed by atoms with E-state index in [2.05, 4.69) is 19.9 Å². The van der Waals surface area contributed by atoms with E-state index >= 15 is 0 Å². The van der Waals surface area contributed by atoms with Crippen molar-refractivity contribution in [3.8, 4) is 5.75 Å². The molecule has 0 aliphatic heterocycles. The zero-order chi connectivity index (χ0) is 15.9. The molecule has 2 aromatic carbocycles. The quantitative estimate of drug-likeness (QED) is 0.744. The molecule has 3 nitrogen and oxygen atoms in total. The number of thioether (sulfide) groups is 1. The molecule has 1 aliphatic carbocycles. The lowest BCUT2D eigenvalue weighted by atomic mass is 9.69. The first-order valence-corrected chi connectivity index (χ1v) is 8.36. The third kappa shape index (κ3) is 2.69. The number of phenols is 1. The van der Waals surface area contributed by atoms with Crippen LogP contribution in [-0.2, 0) is 11.8 Å². The van der Waals surface area contributed by atoms with Crippen molar-refractivity contribution in [2.75, 3.05) is 5.73 Å². The topological polar surface area (TPSA) is 72.3 Å². The highest BCUT2D eigenvalue weighted by atomic mass is 32.2. The molecule has 0 unspecified atom stereocenters. The highest BCUT2D eigenvalue weighted by Crippen LogP contribution is 2.43. The molecule has 3 rings (SSSR count). The lowest BCUT2D eigenvalue weighted by Gasteiger charge is -2.43. The molecule has 0 saturated heterocycles. The van der Waals surface area contributed by atoms with Gasteiger partial charge in [-0.15, -0.1) is 11.8 Å². The molecule has 0 saturated carbocycles. The first-order chi connectivity index (χ1) is 10.4. The number of aromatic hydroxyl groups is 1. The lowest BCUT2D eigenvalue weighted by molar-refractivity contribution is 0.369. The Morgan fingerprint density at radius 2 is 1.95 bits per heavy atom. The fourth-order valence-electron chi connectivity index (χ4n) is 3.21. The standard InChI is InChI=1S/C18H22N2OS/c1-18(2)15-10-13(21)7-6-11(15)8-16(17(18)20)22-14-5-3-4-12(19)9-14/h3-7,9-10,16-17,21H,8,19-20H2,1-2H3/t16-,17+/m1/s1. The monoisotopic (exact) mass is 314 g/mol. The molecular weight excluding hydrogens is 292 g/mol. The zero-order valence-electron chi connectivity index (χ0n) is 12.9. The van der Waals surface area contributed by atoms with Gasteiger partial charge in [0, 0.05) is 27.3 Å². The summed E-state index contributed by atoms with van der Waals surface area (Å²) in [6.45, 7) is 4.31. The van der Waals surface area contributed by atoms with E-state index in [1.807, 2.05) is 30.3 Å². The van der Waals surface area contributed by atoms with Gasteiger partial charge in [0.1, 0.15) is 5.75 Å². The third-order valence-electron chi connectivity index (χ3n) is 4.59. The first kappa shape index (κ1) is 15.3. The number of phenolic OH excluding ortho intramolecular Hbond substituents is 1. The van der Waals surface area contributed by atoms with Crippen LogP contribution in [0.4, 0.5) is 5.69 Å². The van der Waals surface area contributed by atoms with Gasteiger partial charge in [-0.1, -0.05) is 26.0 Å². The van der Waals surface area contributed by atoms with Crippen molar-refractivity contribution in [3.05, 3.63) is 53.6 Å². The van der Waals surface area contributed by atoms with E-state index in [0.29, 0.717) is 5.75 Å². The molecule has 0 radical (unpaired) electrons. The highest BCUT2D eigenvalue weighted by molar-refractivity contribution is 8.00. The van der Waals surface area contributed by atoms with E-state index in [0.717, 1.165) is 22.6 Å². The molecule has 2 aromatic rings. The zero-order valence-corrected chi connectivity index (χ0v) is 13.7. The van der Waals surface area contributed by atoms with Crippen LogP contribution in [0.3, 0.4) is 0 Å². The number of anilines is 1. The van der Waals surface area contributed by atoms with Gasteiger partial charge >= 0.3 is 0 Å². The molecule has 4 heteroatoms. The summed E-state index contributed by atoms with van der Waals surface area (Å²) in [5.41, 5.74) is 15.5. The Kier molecular flexibility index (Phi) is 3.83. The first-order valence-electron chi connectivity index (χ1n) is 7.48. The van der Waals surface area contributed by atoms with Crippen LogP contribution in [-0.4, -0.2) is 16.4 Å². The fourth-order valence-corrected chi connectivity index (χ4v) is 4.67. The second-order valence-electron chi connectivity index (χ2n) is 6.52. The maximum Gasteiger partial charge on any atom is 0.115 e. The molecule has 0 spiro atoms. The van der Waals surface area contributed by atoms with Crippen molar-refractivity contribution >= 4 is 17.4 Å². The Morgan fingerprint density at radius 3 is 2.68 bits per heavy atom. The minimum absolute atomic E-state index is 0.00762. The number of nitrogens with two attached hydrogens (primary N) is 2. The Hall–Kier alpha value is -1.65. The van der Waals surface area contributed by atoms with E-state index in [1.54, 1.807) is 17.8 Å². The van der Waals surface area contributed by atoms with Crippen LogP contribution in [0.15, 0.2) is 47.4 Å². The minimum atomic E-state index is -0.176. The number of hydrogen-bond acceptors (Lipinski definition) is 4. The van der Waals surface area contributed by atoms with Crippen LogP contribution >= 0.6 is 11.8 Å². The van der Waals surface area contributed by atoms with Gasteiger partial charge in [-0.2, -0.15) is 0 Å². The molecule has 0 aromatic heterocycles. The van der Waals surface area contributed by atoms with Gasteiger partial charge < -0.3 is 16.6 Å². The van der Waals surface area contributed by atoms with Crippen molar-refractivity contribution in [2.24, 2.45) is 5.73 Å². The summed E-state index contributed by atoms with van der Waals surface area (Å²) in [6.07, 6.45) is 0.902. The Balaban J connectivity index is 1.93. The average Bonchev–Trinajstić information content (AvgIpc) is 2.46. The van der Waals surface area contributed by atoms with E-state index in [-0.39, 0.29) is 16.7 Å². The Labute approximate surface area is 135 Å². The Morgan fingerprint density at radius 1 is 1.18 bits per heavy atom. The number of benzene rings is 2. The van der Waals surface area contributed by atoms with Crippen LogP contribution in [0, 0.1) is 0 Å². The second-order valence-corrected chi connectivity index (χ2v) is 7.83. The molecule has 5 N–H and O–H groups in total. The van der Waals surface area contributed by atoms with Crippen LogP contribution in [0.1, 0.15) is 25.0 Å². The van der Waals surface area contributed by atoms with Gasteiger partial charge in [0.05, 0.1) is 0 Å². The van der Waals surface area contributed by atoms with E-state index in [9.17, 15) is 5.11 Å². The van der Waals surface area contributed by atoms with Gasteiger partial charge in [0.2, 0.25) is 0 Å². The smallest absolute Gasteiger partial charge is 0.115 e. The third-order valence-corrected chi connectivity index (χ3v) is 5.88. The van der Waals surface area contributed by atoms with E-state index < -0.39 is 0 Å². The molecule has 0 bridgehead atoms.